The molecular formula is C29H31FO2. The molecule has 0 heterocycles. The summed E-state index contributed by atoms with van der Waals surface area (Å²) in [6.45, 7) is 4.00. The quantitative estimate of drug-likeness (QED) is 0.265. The van der Waals surface area contributed by atoms with E-state index in [1.54, 1.807) is 18.2 Å². The van der Waals surface area contributed by atoms with Gasteiger partial charge in [0.2, 0.25) is 6.29 Å². The Hall–Kier alpha value is -3.17. The number of hydrogen-bond acceptors (Lipinski definition) is 2. The van der Waals surface area contributed by atoms with E-state index in [-0.39, 0.29) is 5.56 Å². The van der Waals surface area contributed by atoms with E-state index < -0.39 is 12.1 Å². The van der Waals surface area contributed by atoms with E-state index in [1.807, 2.05) is 44.2 Å². The number of rotatable bonds is 10. The van der Waals surface area contributed by atoms with E-state index in [1.165, 1.54) is 11.6 Å². The lowest BCUT2D eigenvalue weighted by atomic mass is 10.0. The molecule has 0 aliphatic carbocycles. The Morgan fingerprint density at radius 1 is 0.781 bits per heavy atom. The van der Waals surface area contributed by atoms with Crippen molar-refractivity contribution in [2.24, 2.45) is 0 Å². The third-order valence-corrected chi connectivity index (χ3v) is 5.39. The number of benzene rings is 3. The molecule has 32 heavy (non-hydrogen) atoms. The Bertz CT molecular complexity index is 1030. The van der Waals surface area contributed by atoms with Gasteiger partial charge in [0.05, 0.1) is 5.56 Å². The van der Waals surface area contributed by atoms with Gasteiger partial charge in [-0.05, 0) is 86.1 Å². The van der Waals surface area contributed by atoms with E-state index in [4.69, 9.17) is 4.74 Å². The topological polar surface area (TPSA) is 29.5 Å². The molecule has 1 N–H and O–H groups in total. The summed E-state index contributed by atoms with van der Waals surface area (Å²) in [5.74, 6) is 0.0300. The van der Waals surface area contributed by atoms with Crippen LogP contribution in [0.5, 0.6) is 5.75 Å². The highest BCUT2D eigenvalue weighted by Crippen LogP contribution is 2.27. The van der Waals surface area contributed by atoms with Crippen LogP contribution in [0.4, 0.5) is 4.39 Å². The molecule has 1 atom stereocenters. The second-order valence-corrected chi connectivity index (χ2v) is 7.76. The zero-order valence-electron chi connectivity index (χ0n) is 18.8. The van der Waals surface area contributed by atoms with Gasteiger partial charge in [0.1, 0.15) is 11.6 Å². The van der Waals surface area contributed by atoms with Crippen molar-refractivity contribution in [2.75, 3.05) is 0 Å². The van der Waals surface area contributed by atoms with Crippen LogP contribution >= 0.6 is 0 Å². The maximum Gasteiger partial charge on any atom is 0.227 e. The molecule has 2 nitrogen and oxygen atoms in total. The van der Waals surface area contributed by atoms with Crippen LogP contribution in [0.25, 0.3) is 11.1 Å². The molecule has 0 aliphatic heterocycles. The van der Waals surface area contributed by atoms with Gasteiger partial charge in [-0.25, -0.2) is 4.39 Å². The highest BCUT2D eigenvalue weighted by Gasteiger charge is 2.15. The van der Waals surface area contributed by atoms with Crippen LogP contribution in [0.15, 0.2) is 91.0 Å². The minimum absolute atomic E-state index is 0.136. The molecular weight excluding hydrogens is 399 g/mol. The van der Waals surface area contributed by atoms with Crippen molar-refractivity contribution in [3.63, 3.8) is 0 Å². The molecule has 3 aromatic rings. The minimum Gasteiger partial charge on any atom is -0.461 e. The number of allylic oxidation sites excluding steroid dienone is 4. The van der Waals surface area contributed by atoms with Crippen LogP contribution < -0.4 is 4.74 Å². The van der Waals surface area contributed by atoms with Gasteiger partial charge in [-0.15, -0.1) is 0 Å². The third-order valence-electron chi connectivity index (χ3n) is 5.39. The van der Waals surface area contributed by atoms with Crippen molar-refractivity contribution in [1.82, 2.24) is 0 Å². The monoisotopic (exact) mass is 430 g/mol. The summed E-state index contributed by atoms with van der Waals surface area (Å²) >= 11 is 0. The second kappa shape index (κ2) is 12.0. The van der Waals surface area contributed by atoms with Crippen molar-refractivity contribution in [2.45, 2.75) is 45.8 Å². The van der Waals surface area contributed by atoms with E-state index in [0.717, 1.165) is 42.4 Å². The number of aliphatic hydroxyl groups excluding tert-OH is 1. The smallest absolute Gasteiger partial charge is 0.227 e. The van der Waals surface area contributed by atoms with Crippen molar-refractivity contribution in [1.29, 1.82) is 0 Å². The molecule has 3 aromatic carbocycles. The van der Waals surface area contributed by atoms with Crippen molar-refractivity contribution >= 4 is 0 Å². The van der Waals surface area contributed by atoms with Gasteiger partial charge in [0, 0.05) is 0 Å². The Morgan fingerprint density at radius 2 is 1.31 bits per heavy atom. The molecule has 3 rings (SSSR count). The zero-order chi connectivity index (χ0) is 22.8. The predicted molar refractivity (Wildman–Crippen MR) is 130 cm³/mol. The van der Waals surface area contributed by atoms with Crippen molar-refractivity contribution < 1.29 is 14.2 Å². The molecule has 0 aromatic heterocycles. The summed E-state index contributed by atoms with van der Waals surface area (Å²) in [4.78, 5) is 0. The highest BCUT2D eigenvalue weighted by atomic mass is 19.1. The van der Waals surface area contributed by atoms with Gasteiger partial charge in [0.15, 0.2) is 0 Å². The molecule has 0 radical (unpaired) electrons. The van der Waals surface area contributed by atoms with Crippen LogP contribution in [0.2, 0.25) is 0 Å². The maximum absolute atomic E-state index is 14.5. The lowest BCUT2D eigenvalue weighted by Crippen LogP contribution is -2.09. The number of aliphatic hydroxyl groups is 1. The first-order valence-electron chi connectivity index (χ1n) is 11.2. The maximum atomic E-state index is 14.5. The first-order chi connectivity index (χ1) is 15.6. The Balaban J connectivity index is 1.61. The lowest BCUT2D eigenvalue weighted by molar-refractivity contribution is -0.0220. The number of hydrogen-bond donors (Lipinski definition) is 1. The number of ether oxygens (including phenoxy) is 1. The summed E-state index contributed by atoms with van der Waals surface area (Å²) in [7, 11) is 0. The fourth-order valence-corrected chi connectivity index (χ4v) is 3.54. The standard InChI is InChI=1S/C29H31FO2/c1-3-5-7-9-22-11-14-24(15-12-22)25-16-18-26(19-17-25)32-29(31)27-20-13-23(21-28(27)30)10-8-6-4-2/h3-6,11-21,29,31H,7-10H2,1-2H3/b5-3+,6-4+. The number of aryl methyl sites for hydroxylation is 2. The van der Waals surface area contributed by atoms with Gasteiger partial charge in [-0.2, -0.15) is 0 Å². The predicted octanol–water partition coefficient (Wildman–Crippen LogP) is 7.58. The molecule has 0 amide bonds. The molecule has 0 saturated heterocycles. The molecule has 1 unspecified atom stereocenters. The van der Waals surface area contributed by atoms with E-state index in [0.29, 0.717) is 5.75 Å². The molecule has 0 fully saturated rings. The van der Waals surface area contributed by atoms with Crippen LogP contribution in [0.3, 0.4) is 0 Å². The molecule has 0 bridgehead atoms. The Labute approximate surface area is 190 Å². The fraction of sp³-hybridized carbons (Fsp3) is 0.241. The second-order valence-electron chi connectivity index (χ2n) is 7.76. The van der Waals surface area contributed by atoms with E-state index in [9.17, 15) is 9.50 Å². The highest BCUT2D eigenvalue weighted by molar-refractivity contribution is 5.64. The molecule has 166 valence electrons. The van der Waals surface area contributed by atoms with Gasteiger partial charge in [-0.1, -0.05) is 66.8 Å². The summed E-state index contributed by atoms with van der Waals surface area (Å²) in [5, 5.41) is 10.4. The average molecular weight is 431 g/mol. The normalized spacial score (nSPS) is 12.5. The molecule has 0 spiro atoms. The summed E-state index contributed by atoms with van der Waals surface area (Å²) in [6, 6.07) is 20.9. The molecule has 3 heteroatoms. The van der Waals surface area contributed by atoms with Gasteiger partial charge in [-0.3, -0.25) is 0 Å². The Morgan fingerprint density at radius 3 is 1.88 bits per heavy atom. The van der Waals surface area contributed by atoms with E-state index in [2.05, 4.69) is 36.4 Å². The van der Waals surface area contributed by atoms with Crippen LogP contribution in [0.1, 0.15) is 49.7 Å². The van der Waals surface area contributed by atoms with Gasteiger partial charge < -0.3 is 9.84 Å². The molecule has 0 aliphatic rings. The average Bonchev–Trinajstić information content (AvgIpc) is 2.80. The first kappa shape index (κ1) is 23.5. The summed E-state index contributed by atoms with van der Waals surface area (Å²) in [6.07, 6.45) is 10.6. The summed E-state index contributed by atoms with van der Waals surface area (Å²) < 4.78 is 20.0. The first-order valence-corrected chi connectivity index (χ1v) is 11.2. The van der Waals surface area contributed by atoms with Crippen LogP contribution in [0, 0.1) is 5.82 Å². The SMILES string of the molecule is C/C=C/CCc1ccc(-c2ccc(OC(O)c3ccc(CC/C=C/C)cc3F)cc2)cc1. The Kier molecular flexibility index (Phi) is 8.82. The van der Waals surface area contributed by atoms with Gasteiger partial charge >= 0.3 is 0 Å². The molecule has 0 saturated carbocycles. The summed E-state index contributed by atoms with van der Waals surface area (Å²) in [5.41, 5.74) is 4.52. The van der Waals surface area contributed by atoms with Crippen LogP contribution in [-0.4, -0.2) is 5.11 Å². The van der Waals surface area contributed by atoms with Crippen molar-refractivity contribution in [3.8, 4) is 16.9 Å². The third kappa shape index (κ3) is 6.66. The zero-order valence-corrected chi connectivity index (χ0v) is 18.8. The largest absolute Gasteiger partial charge is 0.461 e. The fourth-order valence-electron chi connectivity index (χ4n) is 3.54. The minimum atomic E-state index is -1.36. The van der Waals surface area contributed by atoms with E-state index >= 15 is 0 Å². The number of halogens is 1. The van der Waals surface area contributed by atoms with Gasteiger partial charge in [0.25, 0.3) is 0 Å². The lowest BCUT2D eigenvalue weighted by Gasteiger charge is -2.15. The van der Waals surface area contributed by atoms with Crippen molar-refractivity contribution in [3.05, 3.63) is 114 Å². The van der Waals surface area contributed by atoms with Crippen LogP contribution in [-0.2, 0) is 12.8 Å².